The molecule has 2 unspecified atom stereocenters. The normalized spacial score (nSPS) is 13.3. The lowest BCUT2D eigenvalue weighted by atomic mass is 9.73. The molecule has 0 amide bonds. The number of carboxylic acids is 1. The molecule has 0 aromatic carbocycles. The van der Waals surface area contributed by atoms with Crippen molar-refractivity contribution in [3.63, 3.8) is 0 Å². The lowest BCUT2D eigenvalue weighted by molar-refractivity contribution is -0.142. The van der Waals surface area contributed by atoms with Crippen LogP contribution >= 0.6 is 22.9 Å². The Morgan fingerprint density at radius 2 is 1.90 bits per heavy atom. The van der Waals surface area contributed by atoms with Crippen molar-refractivity contribution < 1.29 is 9.90 Å². The highest BCUT2D eigenvalue weighted by Crippen LogP contribution is 2.36. The summed E-state index contributed by atoms with van der Waals surface area (Å²) < 4.78 is 0. The second-order valence-corrected chi connectivity index (χ2v) is 10.9. The average Bonchev–Trinajstić information content (AvgIpc) is 3.19. The van der Waals surface area contributed by atoms with Crippen LogP contribution < -0.4 is 0 Å². The second kappa shape index (κ2) is 13.2. The lowest BCUT2D eigenvalue weighted by Gasteiger charge is -2.32. The highest BCUT2D eigenvalue weighted by molar-refractivity contribution is 7.15. The molecular weight excluding hydrogens is 426 g/mol. The van der Waals surface area contributed by atoms with Crippen LogP contribution in [-0.4, -0.2) is 16.1 Å². The van der Waals surface area contributed by atoms with Gasteiger partial charge in [-0.2, -0.15) is 0 Å². The quantitative estimate of drug-likeness (QED) is 0.402. The minimum Gasteiger partial charge on any atom is -0.481 e. The van der Waals surface area contributed by atoms with Crippen LogP contribution in [-0.2, 0) is 11.2 Å². The number of carbonyl (C=O) groups is 1. The number of unbranched alkanes of at least 4 members (excludes halogenated alkanes) is 1. The Labute approximate surface area is 198 Å². The molecule has 174 valence electrons. The van der Waals surface area contributed by atoms with Gasteiger partial charge in [-0.3, -0.25) is 9.78 Å². The van der Waals surface area contributed by atoms with E-state index in [0.717, 1.165) is 42.0 Å². The van der Waals surface area contributed by atoms with Crippen molar-refractivity contribution in [2.45, 2.75) is 87.0 Å². The number of aryl methyl sites for hydroxylation is 2. The predicted octanol–water partition coefficient (Wildman–Crippen LogP) is 8.67. The van der Waals surface area contributed by atoms with Crippen LogP contribution in [0.4, 0.5) is 0 Å². The first-order valence-corrected chi connectivity index (χ1v) is 12.7. The molecule has 2 heterocycles. The number of halogens is 1. The molecule has 2 atom stereocenters. The summed E-state index contributed by atoms with van der Waals surface area (Å²) in [6.07, 6.45) is 7.93. The van der Waals surface area contributed by atoms with Gasteiger partial charge in [0.1, 0.15) is 0 Å². The molecule has 0 bridgehead atoms. The first kappa shape index (κ1) is 27.6. The van der Waals surface area contributed by atoms with Gasteiger partial charge in [0, 0.05) is 11.1 Å². The van der Waals surface area contributed by atoms with Crippen molar-refractivity contribution in [2.75, 3.05) is 0 Å². The molecule has 0 aliphatic heterocycles. The van der Waals surface area contributed by atoms with Gasteiger partial charge in [0.2, 0.25) is 0 Å². The maximum absolute atomic E-state index is 11.1. The van der Waals surface area contributed by atoms with Crippen LogP contribution in [0.2, 0.25) is 5.02 Å². The van der Waals surface area contributed by atoms with Crippen molar-refractivity contribution in [1.82, 2.24) is 4.98 Å². The van der Waals surface area contributed by atoms with E-state index in [2.05, 4.69) is 51.7 Å². The Morgan fingerprint density at radius 1 is 1.23 bits per heavy atom. The smallest absolute Gasteiger partial charge is 0.306 e. The van der Waals surface area contributed by atoms with Crippen molar-refractivity contribution in [1.29, 1.82) is 0 Å². The number of hydrogen-bond donors (Lipinski definition) is 1. The van der Waals surface area contributed by atoms with E-state index < -0.39 is 5.97 Å². The maximum Gasteiger partial charge on any atom is 0.306 e. The highest BCUT2D eigenvalue weighted by Gasteiger charge is 2.28. The van der Waals surface area contributed by atoms with Gasteiger partial charge in [0.05, 0.1) is 21.5 Å². The summed E-state index contributed by atoms with van der Waals surface area (Å²) >= 11 is 7.74. The predicted molar refractivity (Wildman–Crippen MR) is 135 cm³/mol. The first-order chi connectivity index (χ1) is 14.5. The number of nitrogens with zero attached hydrogens (tertiary/aromatic N) is 1. The highest BCUT2D eigenvalue weighted by atomic mass is 35.5. The van der Waals surface area contributed by atoms with E-state index in [-0.39, 0.29) is 11.3 Å². The topological polar surface area (TPSA) is 50.2 Å². The molecule has 0 spiro atoms. The first-order valence-electron chi connectivity index (χ1n) is 11.5. The van der Waals surface area contributed by atoms with Crippen molar-refractivity contribution >= 4 is 28.9 Å². The summed E-state index contributed by atoms with van der Waals surface area (Å²) in [5, 5.41) is 9.84. The van der Waals surface area contributed by atoms with Crippen LogP contribution in [0.25, 0.3) is 10.6 Å². The zero-order valence-corrected chi connectivity index (χ0v) is 21.9. The van der Waals surface area contributed by atoms with Gasteiger partial charge >= 0.3 is 5.97 Å². The molecule has 2 aromatic heterocycles. The Hall–Kier alpha value is -1.39. The van der Waals surface area contributed by atoms with Gasteiger partial charge in [0.15, 0.2) is 0 Å². The van der Waals surface area contributed by atoms with Gasteiger partial charge in [-0.25, -0.2) is 0 Å². The third-order valence-corrected chi connectivity index (χ3v) is 7.50. The maximum atomic E-state index is 11.1. The van der Waals surface area contributed by atoms with Gasteiger partial charge in [-0.05, 0) is 67.7 Å². The number of aromatic nitrogens is 1. The fourth-order valence-electron chi connectivity index (χ4n) is 3.52. The molecule has 3 nitrogen and oxygen atoms in total. The van der Waals surface area contributed by atoms with Crippen LogP contribution in [0, 0.1) is 24.2 Å². The molecule has 2 aromatic rings. The van der Waals surface area contributed by atoms with Crippen LogP contribution in [0.5, 0.6) is 0 Å². The number of pyridine rings is 1. The number of carboxylic acid groups (broad SMARTS) is 1. The van der Waals surface area contributed by atoms with E-state index in [4.69, 9.17) is 16.7 Å². The summed E-state index contributed by atoms with van der Waals surface area (Å²) in [6.45, 7) is 15.0. The molecule has 0 fully saturated rings. The molecule has 0 aliphatic carbocycles. The Kier molecular flexibility index (Phi) is 11.8. The summed E-state index contributed by atoms with van der Waals surface area (Å²) in [6, 6.07) is 6.32. The van der Waals surface area contributed by atoms with E-state index in [1.807, 2.05) is 19.9 Å². The Morgan fingerprint density at radius 3 is 2.35 bits per heavy atom. The van der Waals surface area contributed by atoms with E-state index in [9.17, 15) is 4.79 Å². The summed E-state index contributed by atoms with van der Waals surface area (Å²) in [5.41, 5.74) is 2.31. The molecule has 2 rings (SSSR count). The zero-order valence-electron chi connectivity index (χ0n) is 20.3. The molecular formula is C26H40ClNO2S. The molecule has 0 saturated carbocycles. The molecule has 1 N–H and O–H groups in total. The Bertz CT molecular complexity index is 810. The van der Waals surface area contributed by atoms with E-state index >= 15 is 0 Å². The van der Waals surface area contributed by atoms with Gasteiger partial charge in [-0.15, -0.1) is 11.3 Å². The van der Waals surface area contributed by atoms with Crippen LogP contribution in [0.15, 0.2) is 24.4 Å². The van der Waals surface area contributed by atoms with E-state index in [0.29, 0.717) is 5.92 Å². The fraction of sp³-hybridized carbons (Fsp3) is 0.615. The fourth-order valence-corrected chi connectivity index (χ4v) is 4.54. The lowest BCUT2D eigenvalue weighted by Crippen LogP contribution is -2.26. The second-order valence-electron chi connectivity index (χ2n) is 9.32. The summed E-state index contributed by atoms with van der Waals surface area (Å²) in [7, 11) is 0. The average molecular weight is 466 g/mol. The van der Waals surface area contributed by atoms with Gasteiger partial charge < -0.3 is 5.11 Å². The largest absolute Gasteiger partial charge is 0.481 e. The van der Waals surface area contributed by atoms with E-state index in [1.54, 1.807) is 17.5 Å². The third kappa shape index (κ3) is 9.33. The van der Waals surface area contributed by atoms with Crippen molar-refractivity contribution in [3.05, 3.63) is 39.9 Å². The SMILES string of the molecule is CCCCC(CC(CC)C(=O)O)C(C)(C)C.CCc1ccc(-c2cc(C)c(Cl)cn2)s1. The van der Waals surface area contributed by atoms with Gasteiger partial charge in [0.25, 0.3) is 0 Å². The number of hydrogen-bond acceptors (Lipinski definition) is 3. The molecule has 0 radical (unpaired) electrons. The number of aliphatic carboxylic acids is 1. The minimum absolute atomic E-state index is 0.166. The molecule has 0 saturated heterocycles. The van der Waals surface area contributed by atoms with E-state index in [1.165, 1.54) is 22.6 Å². The molecule has 5 heteroatoms. The minimum atomic E-state index is -0.631. The zero-order chi connectivity index (χ0) is 23.6. The Balaban J connectivity index is 0.000000310. The van der Waals surface area contributed by atoms with Crippen molar-refractivity contribution in [3.8, 4) is 10.6 Å². The summed E-state index contributed by atoms with van der Waals surface area (Å²) in [5.74, 6) is -0.275. The number of thiophene rings is 1. The van der Waals surface area contributed by atoms with Gasteiger partial charge in [-0.1, -0.05) is 66.0 Å². The summed E-state index contributed by atoms with van der Waals surface area (Å²) in [4.78, 5) is 18.0. The molecule has 31 heavy (non-hydrogen) atoms. The number of rotatable bonds is 9. The van der Waals surface area contributed by atoms with Crippen LogP contribution in [0.3, 0.4) is 0 Å². The van der Waals surface area contributed by atoms with Crippen molar-refractivity contribution in [2.24, 2.45) is 17.3 Å². The third-order valence-electron chi connectivity index (χ3n) is 5.85. The molecule has 0 aliphatic rings. The van der Waals surface area contributed by atoms with Crippen LogP contribution in [0.1, 0.15) is 84.1 Å². The monoisotopic (exact) mass is 465 g/mol. The standard InChI is InChI=1S/C14H28O2.C12H12ClNS/c1-6-8-9-12(14(3,4)5)10-11(7-2)13(15)16;1-3-9-4-5-12(15-9)11-6-8(2)10(13)7-14-11/h11-12H,6-10H2,1-5H3,(H,15,16);4-7H,3H2,1-2H3.